The first kappa shape index (κ1) is 32.0. The van der Waals surface area contributed by atoms with Gasteiger partial charge in [0.25, 0.3) is 0 Å². The van der Waals surface area contributed by atoms with E-state index in [9.17, 15) is 15.0 Å². The van der Waals surface area contributed by atoms with E-state index in [1.54, 1.807) is 30.3 Å². The molecule has 4 N–H and O–H groups in total. The van der Waals surface area contributed by atoms with Crippen LogP contribution in [0.15, 0.2) is 49.3 Å². The first-order valence-electron chi connectivity index (χ1n) is 12.7. The highest BCUT2D eigenvalue weighted by atomic mass is 19.1. The second kappa shape index (κ2) is 15.4. The molecule has 2 unspecified atom stereocenters. The summed E-state index contributed by atoms with van der Waals surface area (Å²) in [4.78, 5) is 22.1. The smallest absolute Gasteiger partial charge is 0.305 e. The van der Waals surface area contributed by atoms with Gasteiger partial charge in [-0.25, -0.2) is 14.4 Å². The fourth-order valence-corrected chi connectivity index (χ4v) is 3.72. The summed E-state index contributed by atoms with van der Waals surface area (Å²) < 4.78 is 31.8. The van der Waals surface area contributed by atoms with Crippen LogP contribution in [-0.4, -0.2) is 62.2 Å². The fraction of sp³-hybridized carbons (Fsp3) is 0.345. The van der Waals surface area contributed by atoms with Gasteiger partial charge in [0, 0.05) is 29.1 Å². The first-order chi connectivity index (χ1) is 19.2. The number of benzene rings is 2. The minimum Gasteiger partial charge on any atom is -0.493 e. The monoisotopic (exact) mass is 557 g/mol. The molecule has 0 aliphatic heterocycles. The standard InChI is InChI=1S/C24H24FN3O7.C3H6.C2H6/c1-12-5-15-17(28-12)3-4-19(23(15)25)35-24-16-8-20(33-2)21(9-18(16)26-11-27-24)34-10-14(30)6-13(29)7-22(31)32;1-3-2;1-2/h3-5,8-9,11,13-14,28-30H,6-7,10H2,1-2H3,(H,31,32);3H,1H2,2H3;1-2H3. The number of carbonyl (C=O) groups is 1. The van der Waals surface area contributed by atoms with Crippen LogP contribution in [0.4, 0.5) is 4.39 Å². The maximum Gasteiger partial charge on any atom is 0.305 e. The molecule has 10 nitrogen and oxygen atoms in total. The van der Waals surface area contributed by atoms with Crippen molar-refractivity contribution in [1.29, 1.82) is 0 Å². The maximum atomic E-state index is 15.0. The van der Waals surface area contributed by atoms with Crippen molar-refractivity contribution < 1.29 is 38.7 Å². The Morgan fingerprint density at radius 3 is 2.45 bits per heavy atom. The van der Waals surface area contributed by atoms with Crippen molar-refractivity contribution in [3.8, 4) is 23.1 Å². The molecule has 0 saturated carbocycles. The number of aliphatic hydroxyl groups excluding tert-OH is 2. The summed E-state index contributed by atoms with van der Waals surface area (Å²) in [6.07, 6.45) is 0.0598. The number of nitrogens with one attached hydrogen (secondary N) is 1. The number of ether oxygens (including phenoxy) is 3. The summed E-state index contributed by atoms with van der Waals surface area (Å²) in [6, 6.07) is 8.05. The number of nitrogens with zero attached hydrogens (tertiary/aromatic N) is 2. The number of aromatic nitrogens is 3. The topological polar surface area (TPSA) is 147 Å². The van der Waals surface area contributed by atoms with E-state index in [-0.39, 0.29) is 36.2 Å². The molecule has 11 heteroatoms. The maximum absolute atomic E-state index is 15.0. The number of carboxylic acid groups (broad SMARTS) is 1. The van der Waals surface area contributed by atoms with Gasteiger partial charge in [-0.1, -0.05) is 19.9 Å². The molecule has 4 aromatic rings. The van der Waals surface area contributed by atoms with Crippen LogP contribution in [0.5, 0.6) is 23.1 Å². The zero-order chi connectivity index (χ0) is 29.8. The number of hydrogen-bond donors (Lipinski definition) is 4. The third kappa shape index (κ3) is 8.39. The molecule has 2 aromatic carbocycles. The Hall–Kier alpha value is -4.22. The van der Waals surface area contributed by atoms with E-state index >= 15 is 4.39 Å². The van der Waals surface area contributed by atoms with Gasteiger partial charge >= 0.3 is 5.97 Å². The molecule has 0 amide bonds. The van der Waals surface area contributed by atoms with E-state index in [0.717, 1.165) is 5.69 Å². The van der Waals surface area contributed by atoms with E-state index in [1.807, 2.05) is 27.7 Å². The van der Waals surface area contributed by atoms with Crippen molar-refractivity contribution in [2.75, 3.05) is 13.7 Å². The van der Waals surface area contributed by atoms with Gasteiger partial charge in [-0.2, -0.15) is 0 Å². The van der Waals surface area contributed by atoms with Gasteiger partial charge in [-0.15, -0.1) is 6.58 Å². The highest BCUT2D eigenvalue weighted by Crippen LogP contribution is 2.37. The second-order valence-corrected chi connectivity index (χ2v) is 8.45. The van der Waals surface area contributed by atoms with E-state index in [4.69, 9.17) is 19.3 Å². The van der Waals surface area contributed by atoms with E-state index in [2.05, 4.69) is 21.5 Å². The molecule has 0 aliphatic carbocycles. The summed E-state index contributed by atoms with van der Waals surface area (Å²) in [7, 11) is 1.42. The van der Waals surface area contributed by atoms with Crippen LogP contribution in [0, 0.1) is 12.7 Å². The molecule has 2 heterocycles. The Balaban J connectivity index is 0.00000105. The van der Waals surface area contributed by atoms with Crippen molar-refractivity contribution in [2.45, 2.75) is 52.7 Å². The van der Waals surface area contributed by atoms with Crippen LogP contribution in [0.25, 0.3) is 21.8 Å². The molecule has 0 bridgehead atoms. The Labute approximate surface area is 232 Å². The summed E-state index contributed by atoms with van der Waals surface area (Å²) in [5.74, 6) is -1.03. The van der Waals surface area contributed by atoms with Crippen LogP contribution in [0.2, 0.25) is 0 Å². The Bertz CT molecular complexity index is 1420. The average molecular weight is 558 g/mol. The number of hydrogen-bond acceptors (Lipinski definition) is 8. The molecule has 0 saturated heterocycles. The minimum absolute atomic E-state index is 0.00108. The van der Waals surface area contributed by atoms with Gasteiger partial charge in [0.05, 0.1) is 36.6 Å². The van der Waals surface area contributed by atoms with Crippen LogP contribution in [0.1, 0.15) is 39.3 Å². The van der Waals surface area contributed by atoms with Gasteiger partial charge in [-0.05, 0) is 38.1 Å². The summed E-state index contributed by atoms with van der Waals surface area (Å²) in [5, 5.41) is 29.3. The van der Waals surface area contributed by atoms with E-state index in [0.29, 0.717) is 21.8 Å². The molecule has 0 spiro atoms. The SMILES string of the molecule is C=CC.CC.COc1cc2c(Oc3ccc4[nH]c(C)cc4c3F)ncnc2cc1OCC(O)CC(O)CC(=O)O. The molecule has 0 aliphatic rings. The Morgan fingerprint density at radius 1 is 1.10 bits per heavy atom. The van der Waals surface area contributed by atoms with Crippen molar-refractivity contribution in [2.24, 2.45) is 0 Å². The van der Waals surface area contributed by atoms with Gasteiger partial charge in [0.1, 0.15) is 12.9 Å². The third-order valence-corrected chi connectivity index (χ3v) is 5.31. The molecular formula is C29H36FN3O7. The van der Waals surface area contributed by atoms with Gasteiger partial charge in [0.15, 0.2) is 23.1 Å². The molecule has 2 aromatic heterocycles. The number of aliphatic carboxylic acids is 1. The number of allylic oxidation sites excluding steroid dienone is 1. The lowest BCUT2D eigenvalue weighted by Crippen LogP contribution is -2.25. The second-order valence-electron chi connectivity index (χ2n) is 8.45. The van der Waals surface area contributed by atoms with Crippen LogP contribution >= 0.6 is 0 Å². The number of rotatable bonds is 10. The number of aromatic amines is 1. The quantitative estimate of drug-likeness (QED) is 0.184. The Morgan fingerprint density at radius 2 is 1.80 bits per heavy atom. The number of halogens is 1. The predicted molar refractivity (Wildman–Crippen MR) is 151 cm³/mol. The van der Waals surface area contributed by atoms with Gasteiger partial charge in [0.2, 0.25) is 5.88 Å². The predicted octanol–water partition coefficient (Wildman–Crippen LogP) is 5.54. The molecule has 2 atom stereocenters. The molecule has 40 heavy (non-hydrogen) atoms. The zero-order valence-electron chi connectivity index (χ0n) is 23.3. The summed E-state index contributed by atoms with van der Waals surface area (Å²) in [5.41, 5.74) is 1.90. The summed E-state index contributed by atoms with van der Waals surface area (Å²) in [6.45, 7) is 10.9. The number of aryl methyl sites for hydroxylation is 1. The minimum atomic E-state index is -1.20. The van der Waals surface area contributed by atoms with Crippen LogP contribution in [-0.2, 0) is 4.79 Å². The number of carboxylic acids is 1. The number of fused-ring (bicyclic) bond motifs is 2. The molecule has 4 rings (SSSR count). The summed E-state index contributed by atoms with van der Waals surface area (Å²) >= 11 is 0. The van der Waals surface area contributed by atoms with E-state index < -0.39 is 30.4 Å². The number of methoxy groups -OCH3 is 1. The van der Waals surface area contributed by atoms with Crippen molar-refractivity contribution in [3.63, 3.8) is 0 Å². The number of aliphatic hydroxyl groups is 2. The molecule has 0 radical (unpaired) electrons. The van der Waals surface area contributed by atoms with E-state index in [1.165, 1.54) is 19.5 Å². The van der Waals surface area contributed by atoms with Crippen molar-refractivity contribution in [1.82, 2.24) is 15.0 Å². The zero-order valence-corrected chi connectivity index (χ0v) is 23.3. The lowest BCUT2D eigenvalue weighted by Gasteiger charge is -2.17. The first-order valence-corrected chi connectivity index (χ1v) is 12.7. The molecular weight excluding hydrogens is 521 g/mol. The van der Waals surface area contributed by atoms with Crippen LogP contribution < -0.4 is 14.2 Å². The Kier molecular flexibility index (Phi) is 12.3. The highest BCUT2D eigenvalue weighted by molar-refractivity contribution is 5.87. The third-order valence-electron chi connectivity index (χ3n) is 5.31. The van der Waals surface area contributed by atoms with Crippen LogP contribution in [0.3, 0.4) is 0 Å². The van der Waals surface area contributed by atoms with Crippen molar-refractivity contribution in [3.05, 3.63) is 60.8 Å². The highest BCUT2D eigenvalue weighted by Gasteiger charge is 2.19. The van der Waals surface area contributed by atoms with Gasteiger partial charge < -0.3 is 34.5 Å². The lowest BCUT2D eigenvalue weighted by atomic mass is 10.1. The average Bonchev–Trinajstić information content (AvgIpc) is 3.31. The molecule has 216 valence electrons. The largest absolute Gasteiger partial charge is 0.493 e. The molecule has 0 fully saturated rings. The number of H-pyrrole nitrogens is 1. The fourth-order valence-electron chi connectivity index (χ4n) is 3.72. The van der Waals surface area contributed by atoms with Gasteiger partial charge in [-0.3, -0.25) is 4.79 Å². The normalized spacial score (nSPS) is 11.9. The lowest BCUT2D eigenvalue weighted by molar-refractivity contribution is -0.139. The van der Waals surface area contributed by atoms with Crippen molar-refractivity contribution >= 4 is 27.8 Å².